The lowest BCUT2D eigenvalue weighted by molar-refractivity contribution is 0.0541. The molecular formula is C58H64F2N14O8S2. The Labute approximate surface area is 491 Å². The third-order valence-electron chi connectivity index (χ3n) is 15.0. The van der Waals surface area contributed by atoms with Gasteiger partial charge in [0.2, 0.25) is 11.8 Å². The molecule has 2 unspecified atom stereocenters. The van der Waals surface area contributed by atoms with Crippen LogP contribution in [0.25, 0.3) is 66.4 Å². The van der Waals surface area contributed by atoms with Crippen molar-refractivity contribution in [3.05, 3.63) is 108 Å². The summed E-state index contributed by atoms with van der Waals surface area (Å²) < 4.78 is 163. The minimum atomic E-state index is -3.89. The fourth-order valence-electron chi connectivity index (χ4n) is 11.5. The van der Waals surface area contributed by atoms with Crippen molar-refractivity contribution < 1.29 is 52.8 Å². The van der Waals surface area contributed by atoms with Gasteiger partial charge < -0.3 is 28.1 Å². The van der Waals surface area contributed by atoms with Crippen molar-refractivity contribution in [3.8, 4) is 34.3 Å². The molecule has 2 atom stereocenters. The van der Waals surface area contributed by atoms with Gasteiger partial charge in [0.15, 0.2) is 19.7 Å². The van der Waals surface area contributed by atoms with Crippen molar-refractivity contribution in [3.63, 3.8) is 0 Å². The lowest BCUT2D eigenvalue weighted by Gasteiger charge is -2.32. The molecule has 0 radical (unpaired) electrons. The van der Waals surface area contributed by atoms with Gasteiger partial charge in [-0.1, -0.05) is 10.4 Å². The van der Waals surface area contributed by atoms with Crippen LogP contribution in [0, 0.1) is 37.2 Å². The van der Waals surface area contributed by atoms with Gasteiger partial charge in [0.25, 0.3) is 0 Å². The second-order valence-corrected chi connectivity index (χ2v) is 25.4. The average molecular weight is 1190 g/mol. The van der Waals surface area contributed by atoms with Gasteiger partial charge in [-0.25, -0.2) is 44.9 Å². The largest absolute Gasteiger partial charge is 0.474 e. The molecule has 2 fully saturated rings. The lowest BCUT2D eigenvalue weighted by Crippen LogP contribution is -2.28. The van der Waals surface area contributed by atoms with Gasteiger partial charge in [-0.3, -0.25) is 19.9 Å². The van der Waals surface area contributed by atoms with Crippen LogP contribution in [0.3, 0.4) is 0 Å². The third-order valence-corrected chi connectivity index (χ3v) is 17.2. The Morgan fingerprint density at radius 3 is 1.33 bits per heavy atom. The molecule has 22 nitrogen and oxygen atoms in total. The van der Waals surface area contributed by atoms with Gasteiger partial charge >= 0.3 is 0 Å². The summed E-state index contributed by atoms with van der Waals surface area (Å²) in [5, 5.41) is 16.4. The Kier molecular flexibility index (Phi) is 13.8. The smallest absolute Gasteiger partial charge is 0.225 e. The van der Waals surface area contributed by atoms with Crippen LogP contribution in [-0.4, -0.2) is 137 Å². The van der Waals surface area contributed by atoms with Gasteiger partial charge in [-0.15, -0.1) is 10.2 Å². The highest BCUT2D eigenvalue weighted by Gasteiger charge is 2.38. The quantitative estimate of drug-likeness (QED) is 0.0985. The van der Waals surface area contributed by atoms with Gasteiger partial charge in [-0.05, 0) is 115 Å². The van der Waals surface area contributed by atoms with E-state index >= 15 is 8.78 Å². The van der Waals surface area contributed by atoms with E-state index in [2.05, 4.69) is 40.6 Å². The summed E-state index contributed by atoms with van der Waals surface area (Å²) in [6.45, 7) is 3.87. The number of aromatic nitrogens is 14. The number of nitrogens with zero attached hydrogens (tertiary/aromatic N) is 14. The molecule has 0 saturated carbocycles. The maximum atomic E-state index is 15.8. The molecule has 10 aromatic rings. The summed E-state index contributed by atoms with van der Waals surface area (Å²) in [7, 11) is -4.63. The van der Waals surface area contributed by atoms with Crippen LogP contribution in [-0.2, 0) is 43.2 Å². The van der Waals surface area contributed by atoms with Gasteiger partial charge in [0.1, 0.15) is 32.5 Å². The Hall–Kier alpha value is -7.94. The first-order chi connectivity index (χ1) is 42.5. The van der Waals surface area contributed by atoms with E-state index in [1.54, 1.807) is 35.4 Å². The van der Waals surface area contributed by atoms with Crippen molar-refractivity contribution in [1.29, 1.82) is 0 Å². The molecule has 2 aliphatic heterocycles. The predicted octanol–water partition coefficient (Wildman–Crippen LogP) is 8.86. The molecule has 0 amide bonds. The Morgan fingerprint density at radius 2 is 0.988 bits per heavy atom. The van der Waals surface area contributed by atoms with Crippen molar-refractivity contribution in [2.75, 3.05) is 38.9 Å². The molecular weight excluding hydrogens is 1120 g/mol. The van der Waals surface area contributed by atoms with Crippen LogP contribution >= 0.6 is 0 Å². The summed E-state index contributed by atoms with van der Waals surface area (Å²) in [5.74, 6) is -1.21. The Bertz CT molecular complexity index is 4330. The summed E-state index contributed by atoms with van der Waals surface area (Å²) in [5.41, 5.74) is 3.00. The topological polar surface area (TPSA) is 254 Å². The standard InChI is InChI=1S/2C29H32FN7O4S/c2*1-16(2)41-29-23-25-21(13-19(14-32-25)26-17(3)34-35-36(26)4)37(28(23)22(15-33-29)42(5,38)39)27(18-8-11-40-12-9-18)24-20(30)7-6-10-31-24/h2*6-7,10,13-16,18,27H,8-9,11-12H2,1-5H3/i2*3D3. The Balaban J connectivity index is 0.000000185. The molecule has 0 aliphatic carbocycles. The highest BCUT2D eigenvalue weighted by Crippen LogP contribution is 2.47. The van der Waals surface area contributed by atoms with E-state index in [1.807, 2.05) is 27.7 Å². The lowest BCUT2D eigenvalue weighted by atomic mass is 9.88. The minimum absolute atomic E-state index is 0.0908. The third kappa shape index (κ3) is 10.7. The van der Waals surface area contributed by atoms with E-state index in [1.165, 1.54) is 70.8 Å². The molecule has 12 heterocycles. The number of fused-ring (bicyclic) bond motifs is 6. The fourth-order valence-corrected chi connectivity index (χ4v) is 13.1. The molecule has 0 spiro atoms. The van der Waals surface area contributed by atoms with Crippen molar-refractivity contribution in [2.45, 2.75) is 101 Å². The monoisotopic (exact) mass is 1190 g/mol. The number of hydrogen-bond acceptors (Lipinski definition) is 18. The summed E-state index contributed by atoms with van der Waals surface area (Å²) in [6, 6.07) is 7.45. The summed E-state index contributed by atoms with van der Waals surface area (Å²) >= 11 is 0. The highest BCUT2D eigenvalue weighted by atomic mass is 32.2. The maximum Gasteiger partial charge on any atom is 0.225 e. The van der Waals surface area contributed by atoms with Crippen LogP contribution in [0.5, 0.6) is 11.8 Å². The second-order valence-electron chi connectivity index (χ2n) is 21.5. The number of aryl methyl sites for hydroxylation is 4. The van der Waals surface area contributed by atoms with E-state index in [0.29, 0.717) is 96.1 Å². The first-order valence-electron chi connectivity index (χ1n) is 30.1. The van der Waals surface area contributed by atoms with Crippen molar-refractivity contribution >= 4 is 63.5 Å². The van der Waals surface area contributed by atoms with Crippen LogP contribution in [0.4, 0.5) is 8.78 Å². The molecule has 84 heavy (non-hydrogen) atoms. The predicted molar refractivity (Wildman–Crippen MR) is 309 cm³/mol. The summed E-state index contributed by atoms with van der Waals surface area (Å²) in [6.07, 6.45) is 12.2. The van der Waals surface area contributed by atoms with Crippen LogP contribution < -0.4 is 9.47 Å². The summed E-state index contributed by atoms with van der Waals surface area (Å²) in [4.78, 5) is 27.1. The molecule has 440 valence electrons. The van der Waals surface area contributed by atoms with E-state index in [9.17, 15) is 16.8 Å². The van der Waals surface area contributed by atoms with Crippen molar-refractivity contribution in [2.24, 2.45) is 25.9 Å². The number of hydrogen-bond donors (Lipinski definition) is 0. The molecule has 12 rings (SSSR count). The molecule has 26 heteroatoms. The molecule has 0 bridgehead atoms. The normalized spacial score (nSPS) is 17.0. The van der Waals surface area contributed by atoms with Crippen molar-refractivity contribution in [1.82, 2.24) is 69.0 Å². The zero-order valence-corrected chi connectivity index (χ0v) is 48.8. The zero-order chi connectivity index (χ0) is 64.5. The first-order valence-corrected chi connectivity index (χ1v) is 30.9. The van der Waals surface area contributed by atoms with E-state index in [4.69, 9.17) is 37.1 Å². The van der Waals surface area contributed by atoms with E-state index < -0.39 is 57.1 Å². The molecule has 10 aromatic heterocycles. The molecule has 0 aromatic carbocycles. The average Bonchev–Trinajstić information content (AvgIpc) is 1.56. The minimum Gasteiger partial charge on any atom is -0.474 e. The Morgan fingerprint density at radius 1 is 0.595 bits per heavy atom. The van der Waals surface area contributed by atoms with Crippen LogP contribution in [0.1, 0.15) is 96.5 Å². The molecule has 0 N–H and O–H groups in total. The van der Waals surface area contributed by atoms with Gasteiger partial charge in [0.05, 0.1) is 104 Å². The number of sulfone groups is 2. The van der Waals surface area contributed by atoms with E-state index in [0.717, 1.165) is 12.5 Å². The number of halogens is 2. The number of ether oxygens (including phenoxy) is 4. The van der Waals surface area contributed by atoms with E-state index in [-0.39, 0.29) is 90.8 Å². The fraction of sp³-hybridized carbons (Fsp3) is 0.414. The molecule has 2 aliphatic rings. The molecule has 2 saturated heterocycles. The zero-order valence-electron chi connectivity index (χ0n) is 53.1. The second kappa shape index (κ2) is 22.9. The van der Waals surface area contributed by atoms with Crippen LogP contribution in [0.2, 0.25) is 0 Å². The number of pyridine rings is 6. The maximum absolute atomic E-state index is 15.8. The van der Waals surface area contributed by atoms with Gasteiger partial charge in [-0.2, -0.15) is 0 Å². The highest BCUT2D eigenvalue weighted by molar-refractivity contribution is 7.91. The first kappa shape index (κ1) is 50.6. The van der Waals surface area contributed by atoms with Gasteiger partial charge in [0, 0.05) is 97.2 Å². The number of rotatable bonds is 14. The SMILES string of the molecule is [2H]C([2H])([2H])c1nnn(C)c1-c1cnc2c3c(OC(C)C)ncc(S(C)(=O)=O)c3n(C(c3ncccc3F)C3CCOCC3)c2c1.[2H]C([2H])([2H])c1nnn(C)c1-c1cnc2c3c(OC(C)C)ncc(S(C)(=O)=O)c3n(C(c3ncccc3F)C3CCOCC3)c2c1. The van der Waals surface area contributed by atoms with Crippen LogP contribution in [0.15, 0.2) is 83.4 Å².